The molecule has 4 rings (SSSR count). The molecule has 2 amide bonds. The van der Waals surface area contributed by atoms with Crippen LogP contribution >= 0.6 is 0 Å². The Bertz CT molecular complexity index is 1200. The summed E-state index contributed by atoms with van der Waals surface area (Å²) in [6.07, 6.45) is 0. The first-order valence-electron chi connectivity index (χ1n) is 10.0. The summed E-state index contributed by atoms with van der Waals surface area (Å²) < 4.78 is 0. The number of aliphatic imine (C=N–C) groups is 1. The van der Waals surface area contributed by atoms with Crippen LogP contribution in [-0.4, -0.2) is 71.1 Å². The smallest absolute Gasteiger partial charge is 0.314 e. The highest BCUT2D eigenvalue weighted by atomic mass is 16.2. The first kappa shape index (κ1) is 21.0. The number of para-hydroxylation sites is 1. The van der Waals surface area contributed by atoms with Crippen LogP contribution < -0.4 is 5.73 Å². The number of primary amides is 1. The molecule has 0 aromatic heterocycles. The fourth-order valence-electron chi connectivity index (χ4n) is 3.83. The molecule has 9 heteroatoms. The van der Waals surface area contributed by atoms with Crippen molar-refractivity contribution in [3.8, 4) is 6.07 Å². The number of carbonyl (C=O) groups is 2. The van der Waals surface area contributed by atoms with Crippen molar-refractivity contribution in [2.75, 3.05) is 32.8 Å². The Balaban J connectivity index is 1.72. The van der Waals surface area contributed by atoms with E-state index < -0.39 is 11.8 Å². The van der Waals surface area contributed by atoms with Gasteiger partial charge in [-0.25, -0.2) is 14.6 Å². The summed E-state index contributed by atoms with van der Waals surface area (Å²) in [6.45, 7) is 2.12. The van der Waals surface area contributed by atoms with Gasteiger partial charge in [0.15, 0.2) is 11.8 Å². The van der Waals surface area contributed by atoms with E-state index in [-0.39, 0.29) is 29.3 Å². The second kappa shape index (κ2) is 8.86. The number of amides is 2. The van der Waals surface area contributed by atoms with Crippen LogP contribution in [0, 0.1) is 11.3 Å². The van der Waals surface area contributed by atoms with Crippen LogP contribution in [0.15, 0.2) is 53.5 Å². The number of Topliss-reactive ketones (excluding diaryl/α,β-unsaturated/α-hetero) is 1. The molecule has 160 valence electrons. The molecule has 0 spiro atoms. The van der Waals surface area contributed by atoms with Crippen LogP contribution in [-0.2, 0) is 4.79 Å². The number of hydrogen-bond donors (Lipinski definition) is 1. The van der Waals surface area contributed by atoms with E-state index in [1.807, 2.05) is 16.9 Å². The van der Waals surface area contributed by atoms with Crippen molar-refractivity contribution in [1.82, 2.24) is 14.7 Å². The molecule has 2 aromatic rings. The Labute approximate surface area is 184 Å². The standard InChI is InChI=1S/C23H20N6O3/c24-13-16-5-1-2-6-17(16)21(31)22-26-19-8-4-3-7-18(19)20(14-30)29(22)15-27-9-11-28(12-10-27)23(25)32/h1-8H,9-12,15H2,(H2,25,32). The van der Waals surface area contributed by atoms with Crippen LogP contribution in [0.1, 0.15) is 21.5 Å². The van der Waals surface area contributed by atoms with Gasteiger partial charge in [-0.1, -0.05) is 24.3 Å². The van der Waals surface area contributed by atoms with Crippen LogP contribution in [0.2, 0.25) is 0 Å². The first-order chi connectivity index (χ1) is 15.5. The highest BCUT2D eigenvalue weighted by Gasteiger charge is 2.33. The molecule has 0 aliphatic carbocycles. The largest absolute Gasteiger partial charge is 0.351 e. The first-order valence-corrected chi connectivity index (χ1v) is 10.0. The maximum atomic E-state index is 13.5. The fraction of sp³-hybridized carbons (Fsp3) is 0.217. The maximum Gasteiger partial charge on any atom is 0.314 e. The van der Waals surface area contributed by atoms with Gasteiger partial charge in [-0.2, -0.15) is 5.26 Å². The minimum absolute atomic E-state index is 0.0436. The number of fused-ring (bicyclic) bond motifs is 1. The predicted molar refractivity (Wildman–Crippen MR) is 118 cm³/mol. The van der Waals surface area contributed by atoms with E-state index in [1.54, 1.807) is 53.4 Å². The SMILES string of the molecule is N#Cc1ccccc1C(=O)C1=Nc2ccccc2C(=C=O)N1CN1CCN(C(N)=O)CC1. The molecule has 0 bridgehead atoms. The van der Waals surface area contributed by atoms with Crippen LogP contribution in [0.3, 0.4) is 0 Å². The van der Waals surface area contributed by atoms with Crippen molar-refractivity contribution >= 4 is 35.0 Å². The van der Waals surface area contributed by atoms with E-state index in [2.05, 4.69) is 4.99 Å². The molecule has 2 aromatic carbocycles. The molecular weight excluding hydrogens is 408 g/mol. The highest BCUT2D eigenvalue weighted by Crippen LogP contribution is 2.33. The van der Waals surface area contributed by atoms with E-state index in [0.29, 0.717) is 37.4 Å². The van der Waals surface area contributed by atoms with Crippen molar-refractivity contribution in [3.63, 3.8) is 0 Å². The average molecular weight is 428 g/mol. The van der Waals surface area contributed by atoms with Crippen molar-refractivity contribution in [1.29, 1.82) is 5.26 Å². The van der Waals surface area contributed by atoms with Gasteiger partial charge in [0.25, 0.3) is 0 Å². The normalized spacial score (nSPS) is 16.0. The number of amidine groups is 1. The lowest BCUT2D eigenvalue weighted by molar-refractivity contribution is 0.103. The van der Waals surface area contributed by atoms with Crippen LogP contribution in [0.5, 0.6) is 0 Å². The Kier molecular flexibility index (Phi) is 5.81. The van der Waals surface area contributed by atoms with Crippen LogP contribution in [0.25, 0.3) is 5.70 Å². The molecule has 32 heavy (non-hydrogen) atoms. The van der Waals surface area contributed by atoms with Gasteiger partial charge in [0.05, 0.1) is 24.0 Å². The van der Waals surface area contributed by atoms with Gasteiger partial charge >= 0.3 is 6.03 Å². The maximum absolute atomic E-state index is 13.5. The molecule has 2 aliphatic rings. The number of nitriles is 1. The number of ketones is 1. The summed E-state index contributed by atoms with van der Waals surface area (Å²) in [4.78, 5) is 46.6. The second-order valence-electron chi connectivity index (χ2n) is 7.40. The Morgan fingerprint density at radius 3 is 2.41 bits per heavy atom. The summed E-state index contributed by atoms with van der Waals surface area (Å²) >= 11 is 0. The lowest BCUT2D eigenvalue weighted by atomic mass is 10.0. The zero-order chi connectivity index (χ0) is 22.7. The number of piperazine rings is 1. The predicted octanol–water partition coefficient (Wildman–Crippen LogP) is 1.61. The number of nitrogens with zero attached hydrogens (tertiary/aromatic N) is 5. The van der Waals surface area contributed by atoms with Crippen molar-refractivity contribution in [3.05, 3.63) is 65.2 Å². The number of hydrogen-bond acceptors (Lipinski definition) is 7. The number of carbonyl (C=O) groups excluding carboxylic acids is 3. The topological polar surface area (TPSA) is 123 Å². The molecule has 0 unspecified atom stereocenters. The fourth-order valence-corrected chi connectivity index (χ4v) is 3.83. The quantitative estimate of drug-likeness (QED) is 0.583. The lowest BCUT2D eigenvalue weighted by Crippen LogP contribution is -2.54. The van der Waals surface area contributed by atoms with Crippen molar-refractivity contribution < 1.29 is 14.4 Å². The summed E-state index contributed by atoms with van der Waals surface area (Å²) in [7, 11) is 0. The minimum atomic E-state index is -0.476. The van der Waals surface area contributed by atoms with Gasteiger partial charge in [0.1, 0.15) is 5.70 Å². The van der Waals surface area contributed by atoms with E-state index in [4.69, 9.17) is 5.73 Å². The van der Waals surface area contributed by atoms with Gasteiger partial charge < -0.3 is 10.6 Å². The Morgan fingerprint density at radius 2 is 1.72 bits per heavy atom. The number of rotatable bonds is 4. The Morgan fingerprint density at radius 1 is 1.03 bits per heavy atom. The molecule has 1 saturated heterocycles. The third-order valence-electron chi connectivity index (χ3n) is 5.53. The summed E-state index contributed by atoms with van der Waals surface area (Å²) in [6, 6.07) is 15.1. The van der Waals surface area contributed by atoms with Gasteiger partial charge in [0.2, 0.25) is 5.78 Å². The molecule has 2 heterocycles. The van der Waals surface area contributed by atoms with Gasteiger partial charge in [-0.15, -0.1) is 0 Å². The third-order valence-corrected chi connectivity index (χ3v) is 5.53. The molecule has 2 N–H and O–H groups in total. The Hall–Kier alpha value is -4.25. The second-order valence-corrected chi connectivity index (χ2v) is 7.40. The van der Waals surface area contributed by atoms with E-state index in [0.717, 1.165) is 0 Å². The van der Waals surface area contributed by atoms with Gasteiger partial charge in [0, 0.05) is 37.3 Å². The van der Waals surface area contributed by atoms with Gasteiger partial charge in [-0.3, -0.25) is 14.6 Å². The van der Waals surface area contributed by atoms with Crippen LogP contribution in [0.4, 0.5) is 10.5 Å². The summed E-state index contributed by atoms with van der Waals surface area (Å²) in [5, 5.41) is 9.44. The van der Waals surface area contributed by atoms with E-state index in [1.165, 1.54) is 4.90 Å². The molecule has 0 radical (unpaired) electrons. The molecule has 1 fully saturated rings. The number of urea groups is 1. The molecule has 9 nitrogen and oxygen atoms in total. The summed E-state index contributed by atoms with van der Waals surface area (Å²) in [5.74, 6) is 1.56. The highest BCUT2D eigenvalue weighted by molar-refractivity contribution is 6.47. The lowest BCUT2D eigenvalue weighted by Gasteiger charge is -2.38. The molecule has 0 saturated carbocycles. The molecule has 2 aliphatic heterocycles. The summed E-state index contributed by atoms with van der Waals surface area (Å²) in [5.41, 5.74) is 7.05. The zero-order valence-electron chi connectivity index (χ0n) is 17.2. The molecular formula is C23H20N6O3. The van der Waals surface area contributed by atoms with Crippen molar-refractivity contribution in [2.45, 2.75) is 0 Å². The average Bonchev–Trinajstić information content (AvgIpc) is 2.83. The van der Waals surface area contributed by atoms with E-state index in [9.17, 15) is 19.6 Å². The number of benzene rings is 2. The van der Waals surface area contributed by atoms with E-state index >= 15 is 0 Å². The number of nitrogens with two attached hydrogens (primary N) is 1. The van der Waals surface area contributed by atoms with Crippen molar-refractivity contribution in [2.24, 2.45) is 10.7 Å². The van der Waals surface area contributed by atoms with Gasteiger partial charge in [-0.05, 0) is 24.3 Å². The molecule has 0 atom stereocenters. The zero-order valence-corrected chi connectivity index (χ0v) is 17.2. The monoisotopic (exact) mass is 428 g/mol. The minimum Gasteiger partial charge on any atom is -0.351 e. The third kappa shape index (κ3) is 3.88.